The molecule has 9 heteroatoms. The summed E-state index contributed by atoms with van der Waals surface area (Å²) in [5.74, 6) is 0.435. The van der Waals surface area contributed by atoms with Gasteiger partial charge in [-0.3, -0.25) is 9.69 Å². The van der Waals surface area contributed by atoms with E-state index in [9.17, 15) is 13.2 Å². The van der Waals surface area contributed by atoms with Crippen molar-refractivity contribution in [3.8, 4) is 5.75 Å². The Morgan fingerprint density at radius 2 is 1.72 bits per heavy atom. The fourth-order valence-electron chi connectivity index (χ4n) is 4.13. The zero-order valence-corrected chi connectivity index (χ0v) is 21.0. The van der Waals surface area contributed by atoms with Gasteiger partial charge in [0, 0.05) is 31.7 Å². The maximum atomic E-state index is 13.0. The number of carbonyl (C=O) groups is 1. The van der Waals surface area contributed by atoms with Crippen molar-refractivity contribution in [3.05, 3.63) is 95.6 Å². The van der Waals surface area contributed by atoms with Crippen LogP contribution in [0.2, 0.25) is 0 Å². The van der Waals surface area contributed by atoms with Crippen LogP contribution in [-0.2, 0) is 21.3 Å². The van der Waals surface area contributed by atoms with E-state index in [1.807, 2.05) is 54.6 Å². The van der Waals surface area contributed by atoms with Crippen LogP contribution < -0.4 is 14.8 Å². The summed E-state index contributed by atoms with van der Waals surface area (Å²) < 4.78 is 39.0. The number of benzene rings is 3. The molecule has 1 saturated heterocycles. The number of ether oxygens (including phenoxy) is 2. The second-order valence-electron chi connectivity index (χ2n) is 8.49. The summed E-state index contributed by atoms with van der Waals surface area (Å²) in [6.07, 6.45) is 0. The minimum absolute atomic E-state index is 0.0472. The molecule has 8 nitrogen and oxygen atoms in total. The highest BCUT2D eigenvalue weighted by Gasteiger charge is 2.24. The Labute approximate surface area is 212 Å². The Hall–Kier alpha value is -3.24. The van der Waals surface area contributed by atoms with Crippen LogP contribution in [0.4, 0.5) is 0 Å². The second kappa shape index (κ2) is 12.1. The van der Waals surface area contributed by atoms with Crippen molar-refractivity contribution < 1.29 is 22.7 Å². The predicted octanol–water partition coefficient (Wildman–Crippen LogP) is 2.98. The molecule has 0 aliphatic carbocycles. The fourth-order valence-corrected chi connectivity index (χ4v) is 5.19. The molecule has 1 aliphatic rings. The smallest absolute Gasteiger partial charge is 0.251 e. The molecule has 1 amide bonds. The van der Waals surface area contributed by atoms with Crippen LogP contribution in [0.25, 0.3) is 0 Å². The average molecular weight is 510 g/mol. The molecule has 0 unspecified atom stereocenters. The van der Waals surface area contributed by atoms with Crippen molar-refractivity contribution in [2.45, 2.75) is 17.5 Å². The molecule has 4 rings (SSSR count). The zero-order chi connectivity index (χ0) is 25.4. The molecular weight excluding hydrogens is 478 g/mol. The Bertz CT molecular complexity index is 1240. The van der Waals surface area contributed by atoms with Crippen LogP contribution in [0.15, 0.2) is 83.8 Å². The Morgan fingerprint density at radius 1 is 1.00 bits per heavy atom. The first-order valence-electron chi connectivity index (χ1n) is 11.8. The molecule has 0 radical (unpaired) electrons. The standard InChI is InChI=1S/C27H31N3O5S/c1-34-24-12-10-22(11-13-24)26(30-14-16-35-17-15-30)20-28-27(31)23-8-5-9-25(18-23)36(32,33)29-19-21-6-3-2-4-7-21/h2-13,18,26,29H,14-17,19-20H2,1H3,(H,28,31)/t26-/m1/s1. The Balaban J connectivity index is 1.45. The number of methoxy groups -OCH3 is 1. The van der Waals surface area contributed by atoms with Gasteiger partial charge in [0.05, 0.1) is 31.3 Å². The molecule has 3 aromatic carbocycles. The van der Waals surface area contributed by atoms with Gasteiger partial charge >= 0.3 is 0 Å². The van der Waals surface area contributed by atoms with E-state index >= 15 is 0 Å². The molecule has 190 valence electrons. The van der Waals surface area contributed by atoms with Crippen molar-refractivity contribution in [3.63, 3.8) is 0 Å². The molecule has 1 aliphatic heterocycles. The highest BCUT2D eigenvalue weighted by Crippen LogP contribution is 2.24. The molecule has 3 aromatic rings. The van der Waals surface area contributed by atoms with Crippen LogP contribution in [-0.4, -0.2) is 59.2 Å². The van der Waals surface area contributed by atoms with Gasteiger partial charge in [-0.15, -0.1) is 0 Å². The number of hydrogen-bond donors (Lipinski definition) is 2. The van der Waals surface area contributed by atoms with E-state index < -0.39 is 10.0 Å². The van der Waals surface area contributed by atoms with Gasteiger partial charge in [-0.2, -0.15) is 0 Å². The molecule has 0 saturated carbocycles. The summed E-state index contributed by atoms with van der Waals surface area (Å²) in [5.41, 5.74) is 2.19. The summed E-state index contributed by atoms with van der Waals surface area (Å²) in [7, 11) is -2.15. The third-order valence-electron chi connectivity index (χ3n) is 6.16. The fraction of sp³-hybridized carbons (Fsp3) is 0.296. The number of sulfonamides is 1. The van der Waals surface area contributed by atoms with E-state index in [0.717, 1.165) is 30.0 Å². The predicted molar refractivity (Wildman–Crippen MR) is 137 cm³/mol. The third-order valence-corrected chi connectivity index (χ3v) is 7.56. The van der Waals surface area contributed by atoms with Crippen molar-refractivity contribution in [1.82, 2.24) is 14.9 Å². The lowest BCUT2D eigenvalue weighted by atomic mass is 10.0. The van der Waals surface area contributed by atoms with E-state index in [4.69, 9.17) is 9.47 Å². The molecule has 1 heterocycles. The number of morpholine rings is 1. The van der Waals surface area contributed by atoms with E-state index in [1.54, 1.807) is 19.2 Å². The minimum atomic E-state index is -3.78. The Kier molecular flexibility index (Phi) is 8.71. The molecule has 0 bridgehead atoms. The van der Waals surface area contributed by atoms with Crippen molar-refractivity contribution in [2.75, 3.05) is 40.0 Å². The molecule has 36 heavy (non-hydrogen) atoms. The van der Waals surface area contributed by atoms with Crippen molar-refractivity contribution in [2.24, 2.45) is 0 Å². The topological polar surface area (TPSA) is 97.0 Å². The quantitative estimate of drug-likeness (QED) is 0.436. The van der Waals surface area contributed by atoms with E-state index in [1.165, 1.54) is 12.1 Å². The lowest BCUT2D eigenvalue weighted by Gasteiger charge is -2.35. The van der Waals surface area contributed by atoms with Gasteiger partial charge in [-0.05, 0) is 41.5 Å². The second-order valence-corrected chi connectivity index (χ2v) is 10.3. The first kappa shape index (κ1) is 25.8. The van der Waals surface area contributed by atoms with Gasteiger partial charge in [0.15, 0.2) is 0 Å². The van der Waals surface area contributed by atoms with Gasteiger partial charge < -0.3 is 14.8 Å². The number of amides is 1. The number of hydrogen-bond acceptors (Lipinski definition) is 6. The van der Waals surface area contributed by atoms with Gasteiger partial charge in [-0.1, -0.05) is 48.5 Å². The van der Waals surface area contributed by atoms with Crippen LogP contribution in [0.3, 0.4) is 0 Å². The molecule has 2 N–H and O–H groups in total. The molecule has 0 aromatic heterocycles. The highest BCUT2D eigenvalue weighted by atomic mass is 32.2. The molecule has 1 fully saturated rings. The Morgan fingerprint density at radius 3 is 2.42 bits per heavy atom. The minimum Gasteiger partial charge on any atom is -0.497 e. The van der Waals surface area contributed by atoms with E-state index in [2.05, 4.69) is 14.9 Å². The largest absolute Gasteiger partial charge is 0.497 e. The number of rotatable bonds is 10. The summed E-state index contributed by atoms with van der Waals surface area (Å²) in [6.45, 7) is 3.32. The maximum Gasteiger partial charge on any atom is 0.251 e. The van der Waals surface area contributed by atoms with Crippen molar-refractivity contribution >= 4 is 15.9 Å². The third kappa shape index (κ3) is 6.70. The van der Waals surface area contributed by atoms with E-state index in [0.29, 0.717) is 19.8 Å². The number of carbonyl (C=O) groups excluding carboxylic acids is 1. The summed E-state index contributed by atoms with van der Waals surface area (Å²) in [4.78, 5) is 15.4. The van der Waals surface area contributed by atoms with E-state index in [-0.39, 0.29) is 29.0 Å². The van der Waals surface area contributed by atoms with Gasteiger partial charge in [0.25, 0.3) is 5.91 Å². The van der Waals surface area contributed by atoms with Crippen LogP contribution in [0.1, 0.15) is 27.5 Å². The molecule has 1 atom stereocenters. The molecular formula is C27H31N3O5S. The average Bonchev–Trinajstić information content (AvgIpc) is 2.93. The number of nitrogens with one attached hydrogen (secondary N) is 2. The van der Waals surface area contributed by atoms with Crippen LogP contribution in [0.5, 0.6) is 5.75 Å². The molecule has 0 spiro atoms. The van der Waals surface area contributed by atoms with Gasteiger partial charge in [-0.25, -0.2) is 13.1 Å². The van der Waals surface area contributed by atoms with Crippen LogP contribution >= 0.6 is 0 Å². The maximum absolute atomic E-state index is 13.0. The number of nitrogens with zero attached hydrogens (tertiary/aromatic N) is 1. The van der Waals surface area contributed by atoms with Gasteiger partial charge in [0.2, 0.25) is 10.0 Å². The summed E-state index contributed by atoms with van der Waals surface area (Å²) in [5, 5.41) is 2.99. The summed E-state index contributed by atoms with van der Waals surface area (Å²) in [6, 6.07) is 23.1. The highest BCUT2D eigenvalue weighted by molar-refractivity contribution is 7.89. The van der Waals surface area contributed by atoms with Crippen LogP contribution in [0, 0.1) is 0 Å². The normalized spacial score (nSPS) is 15.2. The SMILES string of the molecule is COc1ccc([C@@H](CNC(=O)c2cccc(S(=O)(=O)NCc3ccccc3)c2)N2CCOCC2)cc1. The first-order chi connectivity index (χ1) is 17.5. The lowest BCUT2D eigenvalue weighted by Crippen LogP contribution is -2.43. The first-order valence-corrected chi connectivity index (χ1v) is 13.3. The monoisotopic (exact) mass is 509 g/mol. The lowest BCUT2D eigenvalue weighted by molar-refractivity contribution is 0.0162. The zero-order valence-electron chi connectivity index (χ0n) is 20.2. The summed E-state index contributed by atoms with van der Waals surface area (Å²) >= 11 is 0. The van der Waals surface area contributed by atoms with Gasteiger partial charge in [0.1, 0.15) is 5.75 Å². The van der Waals surface area contributed by atoms with Crippen molar-refractivity contribution in [1.29, 1.82) is 0 Å².